The summed E-state index contributed by atoms with van der Waals surface area (Å²) >= 11 is 1.55. The minimum absolute atomic E-state index is 0.00456. The molecule has 0 aliphatic heterocycles. The van der Waals surface area contributed by atoms with E-state index < -0.39 is 0 Å². The Morgan fingerprint density at radius 1 is 1.15 bits per heavy atom. The molecule has 1 fully saturated rings. The van der Waals surface area contributed by atoms with Crippen LogP contribution in [-0.4, -0.2) is 42.0 Å². The van der Waals surface area contributed by atoms with E-state index in [1.807, 2.05) is 60.2 Å². The molecule has 2 amide bonds. The molecule has 1 N–H and O–H groups in total. The first-order valence-electron chi connectivity index (χ1n) is 11.7. The Bertz CT molecular complexity index is 1190. The molecule has 0 atom stereocenters. The molecule has 8 heteroatoms. The number of nitrogens with zero attached hydrogens (tertiary/aromatic N) is 2. The minimum Gasteiger partial charge on any atom is -0.469 e. The van der Waals surface area contributed by atoms with Crippen molar-refractivity contribution in [3.8, 4) is 0 Å². The number of benzene rings is 1. The third-order valence-corrected chi connectivity index (χ3v) is 7.43. The number of amides is 2. The topological polar surface area (TPSA) is 80.6 Å². The highest BCUT2D eigenvalue weighted by atomic mass is 32.1. The van der Waals surface area contributed by atoms with Crippen LogP contribution in [0, 0.1) is 12.8 Å². The predicted octanol–water partition coefficient (Wildman–Crippen LogP) is 4.53. The summed E-state index contributed by atoms with van der Waals surface area (Å²) in [7, 11) is 1.41. The summed E-state index contributed by atoms with van der Waals surface area (Å²) in [6.45, 7) is 4.58. The molecule has 1 aromatic carbocycles. The molecular formula is C26H31N3O4S. The number of carbonyl (C=O) groups is 3. The van der Waals surface area contributed by atoms with Gasteiger partial charge in [-0.2, -0.15) is 0 Å². The number of thiophene rings is 1. The summed E-state index contributed by atoms with van der Waals surface area (Å²) in [4.78, 5) is 40.1. The summed E-state index contributed by atoms with van der Waals surface area (Å²) in [6, 6.07) is 11.7. The van der Waals surface area contributed by atoms with Gasteiger partial charge < -0.3 is 19.5 Å². The molecular weight excluding hydrogens is 450 g/mol. The molecule has 0 saturated heterocycles. The van der Waals surface area contributed by atoms with Crippen molar-refractivity contribution in [3.05, 3.63) is 53.0 Å². The number of likely N-dealkylation sites (N-methyl/N-ethyl adjacent to an activating group) is 1. The SMILES string of the molecule is CCN(C(=O)Cn1c(C(=O)N[C@H]2CC[C@@H](C(=O)OC)CC2)cc2sccc21)c1cccc(C)c1. The lowest BCUT2D eigenvalue weighted by Gasteiger charge is -2.27. The van der Waals surface area contributed by atoms with Crippen LogP contribution in [0.3, 0.4) is 0 Å². The Balaban J connectivity index is 1.51. The van der Waals surface area contributed by atoms with Gasteiger partial charge in [-0.3, -0.25) is 14.4 Å². The van der Waals surface area contributed by atoms with E-state index in [0.29, 0.717) is 25.1 Å². The molecule has 2 aromatic heterocycles. The van der Waals surface area contributed by atoms with Crippen LogP contribution in [0.4, 0.5) is 5.69 Å². The molecule has 0 spiro atoms. The van der Waals surface area contributed by atoms with Crippen LogP contribution >= 0.6 is 11.3 Å². The summed E-state index contributed by atoms with van der Waals surface area (Å²) in [5, 5.41) is 5.10. The van der Waals surface area contributed by atoms with Gasteiger partial charge in [0.25, 0.3) is 5.91 Å². The second-order valence-corrected chi connectivity index (χ2v) is 9.76. The molecule has 0 unspecified atom stereocenters. The van der Waals surface area contributed by atoms with Crippen molar-refractivity contribution in [2.75, 3.05) is 18.6 Å². The second kappa shape index (κ2) is 10.4. The van der Waals surface area contributed by atoms with E-state index in [0.717, 1.165) is 34.3 Å². The van der Waals surface area contributed by atoms with E-state index >= 15 is 0 Å². The Morgan fingerprint density at radius 2 is 1.91 bits per heavy atom. The van der Waals surface area contributed by atoms with Gasteiger partial charge in [0, 0.05) is 18.3 Å². The van der Waals surface area contributed by atoms with Crippen LogP contribution in [0.2, 0.25) is 0 Å². The first kappa shape index (κ1) is 24.0. The van der Waals surface area contributed by atoms with Crippen LogP contribution in [0.5, 0.6) is 0 Å². The Labute approximate surface area is 203 Å². The van der Waals surface area contributed by atoms with Gasteiger partial charge in [-0.05, 0) is 74.7 Å². The van der Waals surface area contributed by atoms with Crippen LogP contribution in [-0.2, 0) is 20.9 Å². The molecule has 3 aromatic rings. The first-order valence-corrected chi connectivity index (χ1v) is 12.6. The molecule has 34 heavy (non-hydrogen) atoms. The van der Waals surface area contributed by atoms with E-state index in [1.165, 1.54) is 7.11 Å². The van der Waals surface area contributed by atoms with Gasteiger partial charge in [-0.1, -0.05) is 12.1 Å². The molecule has 2 heterocycles. The van der Waals surface area contributed by atoms with Gasteiger partial charge in [-0.25, -0.2) is 0 Å². The Hall–Kier alpha value is -3.13. The van der Waals surface area contributed by atoms with Crippen molar-refractivity contribution in [3.63, 3.8) is 0 Å². The normalized spacial score (nSPS) is 18.0. The zero-order valence-electron chi connectivity index (χ0n) is 19.9. The molecule has 7 nitrogen and oxygen atoms in total. The minimum atomic E-state index is -0.184. The van der Waals surface area contributed by atoms with Crippen molar-refractivity contribution < 1.29 is 19.1 Å². The lowest BCUT2D eigenvalue weighted by Crippen LogP contribution is -2.40. The fourth-order valence-electron chi connectivity index (χ4n) is 4.75. The third kappa shape index (κ3) is 5.01. The number of ether oxygens (including phenoxy) is 1. The number of hydrogen-bond acceptors (Lipinski definition) is 5. The number of rotatable bonds is 7. The Kier molecular flexibility index (Phi) is 7.36. The third-order valence-electron chi connectivity index (χ3n) is 6.58. The van der Waals surface area contributed by atoms with Gasteiger partial charge in [0.05, 0.1) is 23.2 Å². The van der Waals surface area contributed by atoms with E-state index in [-0.39, 0.29) is 36.3 Å². The largest absolute Gasteiger partial charge is 0.469 e. The molecule has 1 aliphatic carbocycles. The van der Waals surface area contributed by atoms with Crippen molar-refractivity contribution in [1.29, 1.82) is 0 Å². The number of methoxy groups -OCH3 is 1. The zero-order valence-corrected chi connectivity index (χ0v) is 20.7. The van der Waals surface area contributed by atoms with Gasteiger partial charge in [0.1, 0.15) is 12.2 Å². The highest BCUT2D eigenvalue weighted by molar-refractivity contribution is 7.17. The highest BCUT2D eigenvalue weighted by Crippen LogP contribution is 2.28. The summed E-state index contributed by atoms with van der Waals surface area (Å²) < 4.78 is 7.65. The van der Waals surface area contributed by atoms with Gasteiger partial charge in [0.15, 0.2) is 0 Å². The van der Waals surface area contributed by atoms with E-state index in [9.17, 15) is 14.4 Å². The molecule has 0 bridgehead atoms. The van der Waals surface area contributed by atoms with Crippen LogP contribution in [0.1, 0.15) is 48.7 Å². The van der Waals surface area contributed by atoms with Crippen LogP contribution < -0.4 is 10.2 Å². The quantitative estimate of drug-likeness (QED) is 0.503. The molecule has 180 valence electrons. The van der Waals surface area contributed by atoms with Gasteiger partial charge in [0.2, 0.25) is 5.91 Å². The van der Waals surface area contributed by atoms with Gasteiger partial charge in [-0.15, -0.1) is 11.3 Å². The fraction of sp³-hybridized carbons (Fsp3) is 0.423. The number of hydrogen-bond donors (Lipinski definition) is 1. The molecule has 0 radical (unpaired) electrons. The Morgan fingerprint density at radius 3 is 2.59 bits per heavy atom. The van der Waals surface area contributed by atoms with Crippen LogP contribution in [0.25, 0.3) is 10.2 Å². The summed E-state index contributed by atoms with van der Waals surface area (Å²) in [5.74, 6) is -0.515. The average Bonchev–Trinajstić information content (AvgIpc) is 3.42. The maximum atomic E-state index is 13.3. The van der Waals surface area contributed by atoms with Crippen molar-refractivity contribution >= 4 is 45.0 Å². The lowest BCUT2D eigenvalue weighted by molar-refractivity contribution is -0.146. The number of carbonyl (C=O) groups excluding carboxylic acids is 3. The molecule has 1 saturated carbocycles. The first-order chi connectivity index (χ1) is 16.4. The van der Waals surface area contributed by atoms with Crippen molar-refractivity contribution in [2.24, 2.45) is 5.92 Å². The van der Waals surface area contributed by atoms with E-state index in [2.05, 4.69) is 5.32 Å². The summed E-state index contributed by atoms with van der Waals surface area (Å²) in [5.41, 5.74) is 3.32. The zero-order chi connectivity index (χ0) is 24.2. The summed E-state index contributed by atoms with van der Waals surface area (Å²) in [6.07, 6.45) is 2.87. The highest BCUT2D eigenvalue weighted by Gasteiger charge is 2.29. The fourth-order valence-corrected chi connectivity index (χ4v) is 5.58. The number of fused-ring (bicyclic) bond motifs is 1. The number of aryl methyl sites for hydroxylation is 1. The standard InChI is InChI=1S/C26H31N3O4S/c1-4-28(20-7-5-6-17(2)14-20)24(30)16-29-21-12-13-34-23(21)15-22(29)25(31)27-19-10-8-18(9-11-19)26(32)33-3/h5-7,12-15,18-19H,4,8-11,16H2,1-3H3,(H,27,31)/t18-,19+. The van der Waals surface area contributed by atoms with Crippen molar-refractivity contribution in [1.82, 2.24) is 9.88 Å². The lowest BCUT2D eigenvalue weighted by atomic mass is 9.86. The molecule has 1 aliphatic rings. The maximum absolute atomic E-state index is 13.3. The second-order valence-electron chi connectivity index (χ2n) is 8.81. The van der Waals surface area contributed by atoms with Gasteiger partial charge >= 0.3 is 5.97 Å². The maximum Gasteiger partial charge on any atom is 0.308 e. The smallest absolute Gasteiger partial charge is 0.308 e. The van der Waals surface area contributed by atoms with E-state index in [1.54, 1.807) is 16.2 Å². The van der Waals surface area contributed by atoms with E-state index in [4.69, 9.17) is 4.74 Å². The van der Waals surface area contributed by atoms with Crippen LogP contribution in [0.15, 0.2) is 41.8 Å². The number of esters is 1. The monoisotopic (exact) mass is 481 g/mol. The van der Waals surface area contributed by atoms with Crippen molar-refractivity contribution in [2.45, 2.75) is 52.1 Å². The average molecular weight is 482 g/mol. The number of anilines is 1. The molecule has 4 rings (SSSR count). The number of aromatic nitrogens is 1. The predicted molar refractivity (Wildman–Crippen MR) is 134 cm³/mol. The number of nitrogens with one attached hydrogen (secondary N) is 1.